The molecule has 1 rings (SSSR count). The number of hydrogen-bond acceptors (Lipinski definition) is 4. The van der Waals surface area contributed by atoms with Crippen LogP contribution in [0, 0.1) is 5.92 Å². The van der Waals surface area contributed by atoms with Gasteiger partial charge < -0.3 is 15.2 Å². The van der Waals surface area contributed by atoms with Gasteiger partial charge in [-0.2, -0.15) is 0 Å². The Morgan fingerprint density at radius 2 is 1.81 bits per heavy atom. The second kappa shape index (κ2) is 5.51. The molecule has 0 aliphatic carbocycles. The van der Waals surface area contributed by atoms with E-state index in [-0.39, 0.29) is 5.92 Å². The fourth-order valence-corrected chi connectivity index (χ4v) is 1.15. The minimum absolute atomic E-state index is 0.0437. The van der Waals surface area contributed by atoms with Crippen molar-refractivity contribution in [2.75, 3.05) is 7.11 Å². The minimum Gasteiger partial charge on any atom is -0.493 e. The van der Waals surface area contributed by atoms with Crippen LogP contribution in [0.3, 0.4) is 0 Å². The molecule has 0 amide bonds. The summed E-state index contributed by atoms with van der Waals surface area (Å²) in [5, 5.41) is 0. The number of hydrogen-bond donors (Lipinski definition) is 1. The first-order valence-corrected chi connectivity index (χ1v) is 5.16. The van der Waals surface area contributed by atoms with Gasteiger partial charge in [-0.3, -0.25) is 0 Å². The summed E-state index contributed by atoms with van der Waals surface area (Å²) in [7, 11) is 1.52. The third-order valence-electron chi connectivity index (χ3n) is 2.27. The molecule has 0 aliphatic heterocycles. The molecule has 1 unspecified atom stereocenters. The number of para-hydroxylation sites is 2. The molecule has 88 valence electrons. The van der Waals surface area contributed by atoms with Crippen LogP contribution in [0.5, 0.6) is 11.5 Å². The predicted molar refractivity (Wildman–Crippen MR) is 61.4 cm³/mol. The van der Waals surface area contributed by atoms with Crippen molar-refractivity contribution in [1.82, 2.24) is 0 Å². The Bertz CT molecular complexity index is 363. The Kier molecular flexibility index (Phi) is 4.31. The van der Waals surface area contributed by atoms with Gasteiger partial charge in [-0.1, -0.05) is 26.0 Å². The number of carbonyl (C=O) groups excluding carboxylic acids is 1. The Morgan fingerprint density at radius 3 is 2.31 bits per heavy atom. The number of carbonyl (C=O) groups is 1. The average molecular weight is 223 g/mol. The van der Waals surface area contributed by atoms with Gasteiger partial charge in [0.2, 0.25) is 0 Å². The first-order chi connectivity index (χ1) is 7.56. The monoisotopic (exact) mass is 223 g/mol. The molecule has 4 heteroatoms. The lowest BCUT2D eigenvalue weighted by Gasteiger charge is -2.15. The molecular weight excluding hydrogens is 206 g/mol. The van der Waals surface area contributed by atoms with Crippen LogP contribution in [0.1, 0.15) is 13.8 Å². The second-order valence-corrected chi connectivity index (χ2v) is 3.84. The van der Waals surface area contributed by atoms with Crippen LogP contribution in [0.15, 0.2) is 24.3 Å². The number of rotatable bonds is 4. The van der Waals surface area contributed by atoms with Crippen molar-refractivity contribution in [3.8, 4) is 11.5 Å². The molecule has 0 fully saturated rings. The van der Waals surface area contributed by atoms with E-state index >= 15 is 0 Å². The summed E-state index contributed by atoms with van der Waals surface area (Å²) in [6.07, 6.45) is 0. The van der Waals surface area contributed by atoms with Gasteiger partial charge in [0.1, 0.15) is 6.04 Å². The molecule has 16 heavy (non-hydrogen) atoms. The number of methoxy groups -OCH3 is 1. The lowest BCUT2D eigenvalue weighted by Crippen LogP contribution is -2.38. The molecule has 0 radical (unpaired) electrons. The quantitative estimate of drug-likeness (QED) is 0.622. The Hall–Kier alpha value is -1.55. The van der Waals surface area contributed by atoms with Crippen molar-refractivity contribution >= 4 is 5.97 Å². The maximum Gasteiger partial charge on any atom is 0.328 e. The standard InChI is InChI=1S/C12H17NO3/c1-8(2)11(13)12(14)16-10-7-5-4-6-9(10)15-3/h4-8,11H,13H2,1-3H3. The molecule has 0 saturated carbocycles. The highest BCUT2D eigenvalue weighted by atomic mass is 16.6. The largest absolute Gasteiger partial charge is 0.493 e. The molecule has 1 aromatic carbocycles. The zero-order chi connectivity index (χ0) is 12.1. The van der Waals surface area contributed by atoms with E-state index in [1.165, 1.54) is 7.11 Å². The van der Waals surface area contributed by atoms with Crippen molar-refractivity contribution in [2.45, 2.75) is 19.9 Å². The first-order valence-electron chi connectivity index (χ1n) is 5.16. The normalized spacial score (nSPS) is 12.3. The van der Waals surface area contributed by atoms with Gasteiger partial charge in [-0.15, -0.1) is 0 Å². The minimum atomic E-state index is -0.620. The summed E-state index contributed by atoms with van der Waals surface area (Å²) in [5.74, 6) is 0.514. The molecule has 0 bridgehead atoms. The zero-order valence-electron chi connectivity index (χ0n) is 9.77. The summed E-state index contributed by atoms with van der Waals surface area (Å²) < 4.78 is 10.2. The Morgan fingerprint density at radius 1 is 1.25 bits per heavy atom. The van der Waals surface area contributed by atoms with Crippen LogP contribution in [-0.2, 0) is 4.79 Å². The third kappa shape index (κ3) is 2.97. The maximum absolute atomic E-state index is 11.6. The van der Waals surface area contributed by atoms with Crippen LogP contribution < -0.4 is 15.2 Å². The zero-order valence-corrected chi connectivity index (χ0v) is 9.77. The van der Waals surface area contributed by atoms with Crippen LogP contribution in [-0.4, -0.2) is 19.1 Å². The molecule has 0 heterocycles. The lowest BCUT2D eigenvalue weighted by molar-refractivity contribution is -0.136. The fraction of sp³-hybridized carbons (Fsp3) is 0.417. The van der Waals surface area contributed by atoms with Gasteiger partial charge in [0.25, 0.3) is 0 Å². The third-order valence-corrected chi connectivity index (χ3v) is 2.27. The van der Waals surface area contributed by atoms with Crippen molar-refractivity contribution in [2.24, 2.45) is 11.7 Å². The van der Waals surface area contributed by atoms with E-state index in [0.29, 0.717) is 11.5 Å². The summed E-state index contributed by atoms with van der Waals surface area (Å²) in [4.78, 5) is 11.6. The van der Waals surface area contributed by atoms with Gasteiger partial charge in [0.15, 0.2) is 11.5 Å². The number of benzene rings is 1. The highest BCUT2D eigenvalue weighted by Crippen LogP contribution is 2.26. The molecule has 1 atom stereocenters. The summed E-state index contributed by atoms with van der Waals surface area (Å²) in [5.41, 5.74) is 5.68. The Balaban J connectivity index is 2.76. The van der Waals surface area contributed by atoms with Crippen molar-refractivity contribution in [3.05, 3.63) is 24.3 Å². The summed E-state index contributed by atoms with van der Waals surface area (Å²) in [6, 6.07) is 6.35. The predicted octanol–water partition coefficient (Wildman–Crippen LogP) is 1.58. The molecule has 0 aromatic heterocycles. The van der Waals surface area contributed by atoms with E-state index in [0.717, 1.165) is 0 Å². The smallest absolute Gasteiger partial charge is 0.328 e. The van der Waals surface area contributed by atoms with Gasteiger partial charge >= 0.3 is 5.97 Å². The van der Waals surface area contributed by atoms with Crippen LogP contribution in [0.2, 0.25) is 0 Å². The molecule has 0 aliphatic rings. The molecule has 1 aromatic rings. The molecule has 0 spiro atoms. The Labute approximate surface area is 95.3 Å². The summed E-state index contributed by atoms with van der Waals surface area (Å²) in [6.45, 7) is 3.74. The first kappa shape index (κ1) is 12.5. The lowest BCUT2D eigenvalue weighted by atomic mass is 10.1. The van der Waals surface area contributed by atoms with Gasteiger partial charge in [0, 0.05) is 0 Å². The highest BCUT2D eigenvalue weighted by Gasteiger charge is 2.20. The van der Waals surface area contributed by atoms with Gasteiger partial charge in [-0.05, 0) is 18.1 Å². The molecular formula is C12H17NO3. The summed E-state index contributed by atoms with van der Waals surface area (Å²) >= 11 is 0. The van der Waals surface area contributed by atoms with E-state index in [4.69, 9.17) is 15.2 Å². The molecule has 2 N–H and O–H groups in total. The fourth-order valence-electron chi connectivity index (χ4n) is 1.15. The number of ether oxygens (including phenoxy) is 2. The van der Waals surface area contributed by atoms with Gasteiger partial charge in [0.05, 0.1) is 7.11 Å². The SMILES string of the molecule is COc1ccccc1OC(=O)C(N)C(C)C. The van der Waals surface area contributed by atoms with Crippen molar-refractivity contribution in [3.63, 3.8) is 0 Å². The van der Waals surface area contributed by atoms with E-state index in [1.54, 1.807) is 24.3 Å². The number of esters is 1. The molecule has 4 nitrogen and oxygen atoms in total. The van der Waals surface area contributed by atoms with E-state index in [9.17, 15) is 4.79 Å². The van der Waals surface area contributed by atoms with Crippen molar-refractivity contribution < 1.29 is 14.3 Å². The van der Waals surface area contributed by atoms with Gasteiger partial charge in [-0.25, -0.2) is 4.79 Å². The van der Waals surface area contributed by atoms with E-state index in [2.05, 4.69) is 0 Å². The molecule has 0 saturated heterocycles. The van der Waals surface area contributed by atoms with E-state index in [1.807, 2.05) is 13.8 Å². The highest BCUT2D eigenvalue weighted by molar-refractivity contribution is 5.78. The number of nitrogens with two attached hydrogens (primary N) is 1. The maximum atomic E-state index is 11.6. The average Bonchev–Trinajstić information content (AvgIpc) is 2.28. The van der Waals surface area contributed by atoms with E-state index < -0.39 is 12.0 Å². The van der Waals surface area contributed by atoms with Crippen molar-refractivity contribution in [1.29, 1.82) is 0 Å². The van der Waals surface area contributed by atoms with Crippen LogP contribution in [0.4, 0.5) is 0 Å². The topological polar surface area (TPSA) is 61.5 Å². The van der Waals surface area contributed by atoms with Crippen LogP contribution >= 0.6 is 0 Å². The van der Waals surface area contributed by atoms with Crippen LogP contribution in [0.25, 0.3) is 0 Å². The second-order valence-electron chi connectivity index (χ2n) is 3.84.